The Labute approximate surface area is 120 Å². The molecule has 0 unspecified atom stereocenters. The molecule has 0 radical (unpaired) electrons. The number of rotatable bonds is 5. The van der Waals surface area contributed by atoms with Crippen molar-refractivity contribution in [2.24, 2.45) is 0 Å². The lowest BCUT2D eigenvalue weighted by atomic mass is 10.0. The SMILES string of the molecule is CCc1cccc(CC)c1NCc1ccccc1Cl. The van der Waals surface area contributed by atoms with Gasteiger partial charge in [0, 0.05) is 17.3 Å². The van der Waals surface area contributed by atoms with E-state index in [9.17, 15) is 0 Å². The van der Waals surface area contributed by atoms with Crippen LogP contribution in [0.4, 0.5) is 5.69 Å². The molecule has 0 amide bonds. The van der Waals surface area contributed by atoms with Crippen LogP contribution in [-0.4, -0.2) is 0 Å². The molecule has 0 saturated carbocycles. The van der Waals surface area contributed by atoms with E-state index in [4.69, 9.17) is 11.6 Å². The normalized spacial score (nSPS) is 10.5. The molecule has 0 aliphatic rings. The Balaban J connectivity index is 2.21. The van der Waals surface area contributed by atoms with Crippen molar-refractivity contribution in [3.8, 4) is 0 Å². The highest BCUT2D eigenvalue weighted by Gasteiger charge is 2.06. The van der Waals surface area contributed by atoms with Crippen molar-refractivity contribution in [2.45, 2.75) is 33.2 Å². The molecule has 0 atom stereocenters. The molecule has 0 fully saturated rings. The zero-order chi connectivity index (χ0) is 13.7. The summed E-state index contributed by atoms with van der Waals surface area (Å²) in [6, 6.07) is 14.5. The van der Waals surface area contributed by atoms with E-state index in [1.54, 1.807) is 0 Å². The molecular weight excluding hydrogens is 254 g/mol. The van der Waals surface area contributed by atoms with Crippen molar-refractivity contribution in [3.63, 3.8) is 0 Å². The molecule has 19 heavy (non-hydrogen) atoms. The van der Waals surface area contributed by atoms with E-state index in [2.05, 4.69) is 43.4 Å². The topological polar surface area (TPSA) is 12.0 Å². The Morgan fingerprint density at radius 2 is 1.42 bits per heavy atom. The van der Waals surface area contributed by atoms with Crippen LogP contribution in [0.1, 0.15) is 30.5 Å². The maximum Gasteiger partial charge on any atom is 0.0455 e. The first-order valence-corrected chi connectivity index (χ1v) is 7.22. The highest BCUT2D eigenvalue weighted by Crippen LogP contribution is 2.24. The summed E-state index contributed by atoms with van der Waals surface area (Å²) in [4.78, 5) is 0. The average Bonchev–Trinajstić information content (AvgIpc) is 2.46. The van der Waals surface area contributed by atoms with Gasteiger partial charge in [-0.1, -0.05) is 61.8 Å². The molecule has 1 nitrogen and oxygen atoms in total. The maximum atomic E-state index is 6.20. The lowest BCUT2D eigenvalue weighted by Crippen LogP contribution is -2.05. The molecule has 2 rings (SSSR count). The third-order valence-electron chi connectivity index (χ3n) is 3.41. The maximum absolute atomic E-state index is 6.20. The quantitative estimate of drug-likeness (QED) is 0.801. The zero-order valence-electron chi connectivity index (χ0n) is 11.5. The second kappa shape index (κ2) is 6.63. The van der Waals surface area contributed by atoms with Gasteiger partial charge in [0.05, 0.1) is 0 Å². The monoisotopic (exact) mass is 273 g/mol. The predicted octanol–water partition coefficient (Wildman–Crippen LogP) is 5.08. The number of aryl methyl sites for hydroxylation is 2. The third-order valence-corrected chi connectivity index (χ3v) is 3.78. The van der Waals surface area contributed by atoms with E-state index in [1.807, 2.05) is 18.2 Å². The van der Waals surface area contributed by atoms with Crippen LogP contribution in [0.5, 0.6) is 0 Å². The lowest BCUT2D eigenvalue weighted by Gasteiger charge is -2.16. The fraction of sp³-hybridized carbons (Fsp3) is 0.294. The van der Waals surface area contributed by atoms with Crippen LogP contribution < -0.4 is 5.32 Å². The molecular formula is C17H20ClN. The molecule has 0 spiro atoms. The Bertz CT molecular complexity index is 526. The molecule has 0 saturated heterocycles. The number of benzene rings is 2. The number of nitrogens with one attached hydrogen (secondary N) is 1. The Kier molecular flexibility index (Phi) is 4.86. The molecule has 100 valence electrons. The van der Waals surface area contributed by atoms with Gasteiger partial charge in [-0.05, 0) is 35.6 Å². The second-order valence-electron chi connectivity index (χ2n) is 4.60. The van der Waals surface area contributed by atoms with Crippen LogP contribution in [0.3, 0.4) is 0 Å². The van der Waals surface area contributed by atoms with Gasteiger partial charge in [-0.2, -0.15) is 0 Å². The van der Waals surface area contributed by atoms with Gasteiger partial charge < -0.3 is 5.32 Å². The van der Waals surface area contributed by atoms with Crippen LogP contribution in [-0.2, 0) is 19.4 Å². The zero-order valence-corrected chi connectivity index (χ0v) is 12.3. The second-order valence-corrected chi connectivity index (χ2v) is 5.01. The minimum atomic E-state index is 0.768. The molecule has 2 aromatic rings. The Morgan fingerprint density at radius 1 is 0.842 bits per heavy atom. The molecule has 0 bridgehead atoms. The van der Waals surface area contributed by atoms with Crippen molar-refractivity contribution in [1.29, 1.82) is 0 Å². The summed E-state index contributed by atoms with van der Waals surface area (Å²) in [6.45, 7) is 5.15. The van der Waals surface area contributed by atoms with Gasteiger partial charge in [0.2, 0.25) is 0 Å². The predicted molar refractivity (Wildman–Crippen MR) is 84.0 cm³/mol. The molecule has 1 N–H and O–H groups in total. The smallest absolute Gasteiger partial charge is 0.0455 e. The lowest BCUT2D eigenvalue weighted by molar-refractivity contribution is 1.05. The molecule has 0 heterocycles. The molecule has 2 aromatic carbocycles. The van der Waals surface area contributed by atoms with Crippen molar-refractivity contribution in [1.82, 2.24) is 0 Å². The largest absolute Gasteiger partial charge is 0.380 e. The van der Waals surface area contributed by atoms with Gasteiger partial charge in [-0.3, -0.25) is 0 Å². The van der Waals surface area contributed by atoms with Crippen molar-refractivity contribution in [3.05, 3.63) is 64.2 Å². The summed E-state index contributed by atoms with van der Waals surface area (Å²) in [5.74, 6) is 0. The average molecular weight is 274 g/mol. The van der Waals surface area contributed by atoms with Gasteiger partial charge in [0.1, 0.15) is 0 Å². The van der Waals surface area contributed by atoms with Crippen LogP contribution >= 0.6 is 11.6 Å². The number of hydrogen-bond acceptors (Lipinski definition) is 1. The fourth-order valence-electron chi connectivity index (χ4n) is 2.30. The van der Waals surface area contributed by atoms with Crippen molar-refractivity contribution < 1.29 is 0 Å². The third kappa shape index (κ3) is 3.30. The van der Waals surface area contributed by atoms with Crippen LogP contribution in [0.2, 0.25) is 5.02 Å². The standard InChI is InChI=1S/C17H20ClN/c1-3-13-9-7-10-14(4-2)17(13)19-12-15-8-5-6-11-16(15)18/h5-11,19H,3-4,12H2,1-2H3. The van der Waals surface area contributed by atoms with Gasteiger partial charge in [0.25, 0.3) is 0 Å². The highest BCUT2D eigenvalue weighted by molar-refractivity contribution is 6.31. The number of para-hydroxylation sites is 1. The van der Waals surface area contributed by atoms with Gasteiger partial charge in [-0.25, -0.2) is 0 Å². The first-order valence-electron chi connectivity index (χ1n) is 6.84. The summed E-state index contributed by atoms with van der Waals surface area (Å²) in [7, 11) is 0. The van der Waals surface area contributed by atoms with E-state index >= 15 is 0 Å². The fourth-order valence-corrected chi connectivity index (χ4v) is 2.50. The first-order chi connectivity index (χ1) is 9.26. The summed E-state index contributed by atoms with van der Waals surface area (Å²) in [5, 5.41) is 4.38. The van der Waals surface area contributed by atoms with Gasteiger partial charge in [-0.15, -0.1) is 0 Å². The van der Waals surface area contributed by atoms with Crippen molar-refractivity contribution in [2.75, 3.05) is 5.32 Å². The van der Waals surface area contributed by atoms with Crippen LogP contribution in [0.15, 0.2) is 42.5 Å². The van der Waals surface area contributed by atoms with Crippen molar-refractivity contribution >= 4 is 17.3 Å². The van der Waals surface area contributed by atoms with Gasteiger partial charge >= 0.3 is 0 Å². The van der Waals surface area contributed by atoms with Gasteiger partial charge in [0.15, 0.2) is 0 Å². The number of anilines is 1. The molecule has 2 heteroatoms. The van der Waals surface area contributed by atoms with E-state index in [0.717, 1.165) is 30.0 Å². The van der Waals surface area contributed by atoms with E-state index in [-0.39, 0.29) is 0 Å². The van der Waals surface area contributed by atoms with E-state index < -0.39 is 0 Å². The summed E-state index contributed by atoms with van der Waals surface area (Å²) < 4.78 is 0. The highest BCUT2D eigenvalue weighted by atomic mass is 35.5. The Morgan fingerprint density at radius 3 is 2.00 bits per heavy atom. The summed E-state index contributed by atoms with van der Waals surface area (Å²) in [6.07, 6.45) is 2.08. The molecule has 0 aliphatic heterocycles. The number of hydrogen-bond donors (Lipinski definition) is 1. The van der Waals surface area contributed by atoms with Crippen LogP contribution in [0, 0.1) is 0 Å². The Hall–Kier alpha value is -1.47. The molecule has 0 aliphatic carbocycles. The summed E-state index contributed by atoms with van der Waals surface area (Å²) in [5.41, 5.74) is 5.14. The minimum absolute atomic E-state index is 0.768. The van der Waals surface area contributed by atoms with E-state index in [1.165, 1.54) is 16.8 Å². The number of halogens is 1. The summed E-state index contributed by atoms with van der Waals surface area (Å²) >= 11 is 6.20. The first kappa shape index (κ1) is 14.0. The van der Waals surface area contributed by atoms with Crippen LogP contribution in [0.25, 0.3) is 0 Å². The van der Waals surface area contributed by atoms with E-state index in [0.29, 0.717) is 0 Å². The minimum Gasteiger partial charge on any atom is -0.380 e. The molecule has 0 aromatic heterocycles.